The van der Waals surface area contributed by atoms with Gasteiger partial charge in [0.05, 0.1) is 16.4 Å². The van der Waals surface area contributed by atoms with E-state index in [0.717, 1.165) is 12.3 Å². The van der Waals surface area contributed by atoms with E-state index in [9.17, 15) is 16.8 Å². The van der Waals surface area contributed by atoms with Crippen molar-refractivity contribution in [3.05, 3.63) is 24.3 Å². The molecule has 0 radical (unpaired) electrons. The topological polar surface area (TPSA) is 89.5 Å². The second-order valence-electron chi connectivity index (χ2n) is 3.64. The van der Waals surface area contributed by atoms with Crippen molar-refractivity contribution >= 4 is 19.9 Å². The summed E-state index contributed by atoms with van der Waals surface area (Å²) in [6, 6.07) is 5.21. The van der Waals surface area contributed by atoms with Crippen molar-refractivity contribution in [2.45, 2.75) is 9.79 Å². The molecule has 0 saturated carbocycles. The second-order valence-corrected chi connectivity index (χ2v) is 7.42. The van der Waals surface area contributed by atoms with Crippen molar-refractivity contribution in [2.75, 3.05) is 26.5 Å². The Morgan fingerprint density at radius 3 is 2.33 bits per heavy atom. The molecule has 1 aromatic carbocycles. The lowest BCUT2D eigenvalue weighted by Crippen LogP contribution is -2.27. The molecule has 6 nitrogen and oxygen atoms in total. The second kappa shape index (κ2) is 5.79. The maximum atomic E-state index is 11.8. The molecule has 1 aromatic rings. The fraction of sp³-hybridized carbons (Fsp3) is 0.400. The van der Waals surface area contributed by atoms with Gasteiger partial charge in [-0.3, -0.25) is 0 Å². The van der Waals surface area contributed by atoms with Gasteiger partial charge >= 0.3 is 0 Å². The average molecular weight is 293 g/mol. The van der Waals surface area contributed by atoms with Crippen LogP contribution in [-0.4, -0.2) is 43.4 Å². The smallest absolute Gasteiger partial charge is 0.240 e. The van der Waals surface area contributed by atoms with Gasteiger partial charge in [-0.25, -0.2) is 21.6 Å². The quantitative estimate of drug-likeness (QED) is 0.747. The standard InChI is InChI=1S/C10H15NO5S2/c1-16-7-6-11-18(14,15)10-5-3-4-9(8-10)17(2,12)13/h3-5,8,11H,6-7H2,1-2H3. The summed E-state index contributed by atoms with van der Waals surface area (Å²) in [6.45, 7) is 0.368. The Hall–Kier alpha value is -0.960. The largest absolute Gasteiger partial charge is 0.383 e. The predicted octanol–water partition coefficient (Wildman–Crippen LogP) is 0.0148. The molecular formula is C10H15NO5S2. The fourth-order valence-corrected chi connectivity index (χ4v) is 3.03. The summed E-state index contributed by atoms with van der Waals surface area (Å²) in [6.07, 6.45) is 1.02. The van der Waals surface area contributed by atoms with Crippen molar-refractivity contribution in [2.24, 2.45) is 0 Å². The lowest BCUT2D eigenvalue weighted by Gasteiger charge is -2.07. The molecule has 18 heavy (non-hydrogen) atoms. The third kappa shape index (κ3) is 4.05. The first-order chi connectivity index (χ1) is 8.27. The SMILES string of the molecule is COCCNS(=O)(=O)c1cccc(S(C)(=O)=O)c1. The number of hydrogen-bond donors (Lipinski definition) is 1. The Balaban J connectivity index is 3.03. The summed E-state index contributed by atoms with van der Waals surface area (Å²) < 4.78 is 53.4. The maximum absolute atomic E-state index is 11.8. The van der Waals surface area contributed by atoms with E-state index in [-0.39, 0.29) is 22.9 Å². The van der Waals surface area contributed by atoms with Crippen LogP contribution in [0.4, 0.5) is 0 Å². The Labute approximate surface area is 107 Å². The Kier molecular flexibility index (Phi) is 4.85. The zero-order chi connectivity index (χ0) is 13.8. The minimum absolute atomic E-state index is 0.0304. The summed E-state index contributed by atoms with van der Waals surface area (Å²) in [5.41, 5.74) is 0. The predicted molar refractivity (Wildman–Crippen MR) is 66.6 cm³/mol. The molecular weight excluding hydrogens is 278 g/mol. The highest BCUT2D eigenvalue weighted by molar-refractivity contribution is 7.91. The van der Waals surface area contributed by atoms with Gasteiger partial charge in [-0.05, 0) is 18.2 Å². The van der Waals surface area contributed by atoms with Crippen molar-refractivity contribution < 1.29 is 21.6 Å². The van der Waals surface area contributed by atoms with Crippen LogP contribution in [0.25, 0.3) is 0 Å². The number of hydrogen-bond acceptors (Lipinski definition) is 5. The molecule has 102 valence electrons. The molecule has 0 bridgehead atoms. The van der Waals surface area contributed by atoms with Gasteiger partial charge in [-0.1, -0.05) is 6.07 Å². The van der Waals surface area contributed by atoms with Crippen LogP contribution in [-0.2, 0) is 24.6 Å². The molecule has 0 amide bonds. The van der Waals surface area contributed by atoms with E-state index in [0.29, 0.717) is 0 Å². The Morgan fingerprint density at radius 1 is 1.17 bits per heavy atom. The maximum Gasteiger partial charge on any atom is 0.240 e. The van der Waals surface area contributed by atoms with Gasteiger partial charge in [0.1, 0.15) is 0 Å². The van der Waals surface area contributed by atoms with E-state index < -0.39 is 19.9 Å². The highest BCUT2D eigenvalue weighted by Crippen LogP contribution is 2.15. The number of rotatable bonds is 6. The first-order valence-corrected chi connectivity index (χ1v) is 8.43. The van der Waals surface area contributed by atoms with Crippen molar-refractivity contribution in [1.82, 2.24) is 4.72 Å². The van der Waals surface area contributed by atoms with Crippen LogP contribution in [0.3, 0.4) is 0 Å². The number of ether oxygens (including phenoxy) is 1. The molecule has 0 unspecified atom stereocenters. The monoisotopic (exact) mass is 293 g/mol. The van der Waals surface area contributed by atoms with Crippen molar-refractivity contribution in [3.63, 3.8) is 0 Å². The minimum Gasteiger partial charge on any atom is -0.383 e. The van der Waals surface area contributed by atoms with E-state index in [2.05, 4.69) is 4.72 Å². The number of sulfone groups is 1. The van der Waals surface area contributed by atoms with E-state index >= 15 is 0 Å². The summed E-state index contributed by atoms with van der Waals surface area (Å²) in [7, 11) is -5.68. The normalized spacial score (nSPS) is 12.6. The molecule has 0 atom stereocenters. The minimum atomic E-state index is -3.71. The Morgan fingerprint density at radius 2 is 1.78 bits per heavy atom. The van der Waals surface area contributed by atoms with Crippen LogP contribution in [0.1, 0.15) is 0 Å². The highest BCUT2D eigenvalue weighted by Gasteiger charge is 2.16. The van der Waals surface area contributed by atoms with Crippen LogP contribution in [0.15, 0.2) is 34.1 Å². The van der Waals surface area contributed by atoms with Crippen LogP contribution in [0.2, 0.25) is 0 Å². The number of sulfonamides is 1. The van der Waals surface area contributed by atoms with E-state index in [1.165, 1.54) is 25.3 Å². The van der Waals surface area contributed by atoms with Crippen molar-refractivity contribution in [3.8, 4) is 0 Å². The van der Waals surface area contributed by atoms with Crippen molar-refractivity contribution in [1.29, 1.82) is 0 Å². The number of nitrogens with one attached hydrogen (secondary N) is 1. The summed E-state index contributed by atoms with van der Waals surface area (Å²) in [5, 5.41) is 0. The average Bonchev–Trinajstić information content (AvgIpc) is 2.28. The molecule has 0 aromatic heterocycles. The molecule has 0 aliphatic rings. The molecule has 0 heterocycles. The van der Waals surface area contributed by atoms with Gasteiger partial charge < -0.3 is 4.74 Å². The lowest BCUT2D eigenvalue weighted by molar-refractivity contribution is 0.204. The zero-order valence-corrected chi connectivity index (χ0v) is 11.7. The van der Waals surface area contributed by atoms with Gasteiger partial charge in [0.2, 0.25) is 10.0 Å². The third-order valence-electron chi connectivity index (χ3n) is 2.14. The fourth-order valence-electron chi connectivity index (χ4n) is 1.23. The van der Waals surface area contributed by atoms with Crippen LogP contribution in [0, 0.1) is 0 Å². The van der Waals surface area contributed by atoms with E-state index in [4.69, 9.17) is 4.74 Å². The summed E-state index contributed by atoms with van der Waals surface area (Å²) in [5.74, 6) is 0. The first kappa shape index (κ1) is 15.1. The van der Waals surface area contributed by atoms with Crippen LogP contribution < -0.4 is 4.72 Å². The third-order valence-corrected chi connectivity index (χ3v) is 4.71. The van der Waals surface area contributed by atoms with Gasteiger partial charge in [0.15, 0.2) is 9.84 Å². The summed E-state index contributed by atoms with van der Waals surface area (Å²) in [4.78, 5) is -0.112. The van der Waals surface area contributed by atoms with Crippen LogP contribution in [0.5, 0.6) is 0 Å². The Bertz CT molecular complexity index is 607. The molecule has 0 spiro atoms. The zero-order valence-electron chi connectivity index (χ0n) is 10.1. The molecule has 1 N–H and O–H groups in total. The van der Waals surface area contributed by atoms with Gasteiger partial charge in [0, 0.05) is 19.9 Å². The highest BCUT2D eigenvalue weighted by atomic mass is 32.2. The molecule has 0 saturated heterocycles. The van der Waals surface area contributed by atoms with Gasteiger partial charge in [0.25, 0.3) is 0 Å². The molecule has 0 aliphatic carbocycles. The molecule has 1 rings (SSSR count). The van der Waals surface area contributed by atoms with E-state index in [1.807, 2.05) is 0 Å². The van der Waals surface area contributed by atoms with Gasteiger partial charge in [-0.2, -0.15) is 0 Å². The molecule has 0 fully saturated rings. The molecule has 8 heteroatoms. The van der Waals surface area contributed by atoms with Crippen LogP contribution >= 0.6 is 0 Å². The molecule has 0 aliphatic heterocycles. The number of benzene rings is 1. The van der Waals surface area contributed by atoms with E-state index in [1.54, 1.807) is 0 Å². The lowest BCUT2D eigenvalue weighted by atomic mass is 10.4. The summed E-state index contributed by atoms with van der Waals surface area (Å²) >= 11 is 0. The first-order valence-electron chi connectivity index (χ1n) is 5.06. The number of methoxy groups -OCH3 is 1. The van der Waals surface area contributed by atoms with Gasteiger partial charge in [-0.15, -0.1) is 0 Å².